The van der Waals surface area contributed by atoms with Gasteiger partial charge in [-0.3, -0.25) is 4.79 Å². The first kappa shape index (κ1) is 19.5. The number of esters is 1. The van der Waals surface area contributed by atoms with Crippen molar-refractivity contribution in [3.05, 3.63) is 46.8 Å². The first-order valence-electron chi connectivity index (χ1n) is 9.91. The highest BCUT2D eigenvalue weighted by molar-refractivity contribution is 6.00. The lowest BCUT2D eigenvalue weighted by Crippen LogP contribution is -2.18. The first-order valence-corrected chi connectivity index (χ1v) is 9.91. The minimum atomic E-state index is -0.566. The topological polar surface area (TPSA) is 76.0 Å². The van der Waals surface area contributed by atoms with E-state index < -0.39 is 5.97 Å². The molecular weight excluding hydrogens is 374 g/mol. The Kier molecular flexibility index (Phi) is 5.58. The first-order chi connectivity index (χ1) is 14.0. The van der Waals surface area contributed by atoms with E-state index in [2.05, 4.69) is 4.57 Å². The van der Waals surface area contributed by atoms with Gasteiger partial charge < -0.3 is 23.5 Å². The minimum absolute atomic E-state index is 0.191. The minimum Gasteiger partial charge on any atom is -0.486 e. The number of nitrogens with zero attached hydrogens (tertiary/aromatic N) is 1. The van der Waals surface area contributed by atoms with Gasteiger partial charge in [0.1, 0.15) is 13.2 Å². The number of carbonyl (C=O) groups excluding carboxylic acids is 2. The Labute approximate surface area is 169 Å². The highest BCUT2D eigenvalue weighted by atomic mass is 16.6. The Morgan fingerprint density at radius 1 is 1.10 bits per heavy atom. The van der Waals surface area contributed by atoms with Crippen LogP contribution in [0.25, 0.3) is 0 Å². The molecule has 2 aliphatic heterocycles. The molecule has 0 aliphatic carbocycles. The molecule has 0 bridgehead atoms. The molecular formula is C22H25NO6. The van der Waals surface area contributed by atoms with Crippen molar-refractivity contribution in [2.45, 2.75) is 39.3 Å². The monoisotopic (exact) mass is 399 g/mol. The molecule has 7 nitrogen and oxygen atoms in total. The van der Waals surface area contributed by atoms with E-state index in [1.54, 1.807) is 18.2 Å². The van der Waals surface area contributed by atoms with Crippen LogP contribution in [-0.4, -0.2) is 48.9 Å². The molecule has 2 aromatic rings. The van der Waals surface area contributed by atoms with E-state index in [0.29, 0.717) is 35.8 Å². The van der Waals surface area contributed by atoms with Gasteiger partial charge in [-0.25, -0.2) is 4.79 Å². The highest BCUT2D eigenvalue weighted by Gasteiger charge is 2.22. The SMILES string of the molecule is Cc1cc(C(=O)COC(=O)c2ccc3c(c2)OCCO3)c(C)n1C[C@H]1CCCO1. The van der Waals surface area contributed by atoms with Crippen molar-refractivity contribution in [1.29, 1.82) is 0 Å². The summed E-state index contributed by atoms with van der Waals surface area (Å²) in [5.74, 6) is 0.323. The fraction of sp³-hybridized carbons (Fsp3) is 0.455. The Hall–Kier alpha value is -2.80. The van der Waals surface area contributed by atoms with Crippen LogP contribution in [-0.2, 0) is 16.0 Å². The molecule has 2 aliphatic rings. The zero-order valence-electron chi connectivity index (χ0n) is 16.7. The third-order valence-electron chi connectivity index (χ3n) is 5.40. The van der Waals surface area contributed by atoms with Crippen molar-refractivity contribution in [2.75, 3.05) is 26.4 Å². The van der Waals surface area contributed by atoms with E-state index in [-0.39, 0.29) is 18.5 Å². The highest BCUT2D eigenvalue weighted by Crippen LogP contribution is 2.31. The maximum Gasteiger partial charge on any atom is 0.338 e. The lowest BCUT2D eigenvalue weighted by molar-refractivity contribution is 0.0473. The van der Waals surface area contributed by atoms with Crippen molar-refractivity contribution in [1.82, 2.24) is 4.57 Å². The molecule has 0 spiro atoms. The summed E-state index contributed by atoms with van der Waals surface area (Å²) in [5.41, 5.74) is 2.78. The Morgan fingerprint density at radius 3 is 2.66 bits per heavy atom. The van der Waals surface area contributed by atoms with Crippen LogP contribution in [0.15, 0.2) is 24.3 Å². The van der Waals surface area contributed by atoms with Gasteiger partial charge in [-0.2, -0.15) is 0 Å². The van der Waals surface area contributed by atoms with Crippen molar-refractivity contribution < 1.29 is 28.5 Å². The molecule has 0 amide bonds. The summed E-state index contributed by atoms with van der Waals surface area (Å²) >= 11 is 0. The summed E-state index contributed by atoms with van der Waals surface area (Å²) in [7, 11) is 0. The number of rotatable bonds is 6. The maximum absolute atomic E-state index is 12.7. The second-order valence-corrected chi connectivity index (χ2v) is 7.39. The average molecular weight is 399 g/mol. The van der Waals surface area contributed by atoms with Gasteiger partial charge in [-0.05, 0) is 51.0 Å². The molecule has 3 heterocycles. The van der Waals surface area contributed by atoms with Gasteiger partial charge in [0, 0.05) is 30.1 Å². The fourth-order valence-corrected chi connectivity index (χ4v) is 3.82. The molecule has 1 aromatic carbocycles. The number of hydrogen-bond donors (Lipinski definition) is 0. The second-order valence-electron chi connectivity index (χ2n) is 7.39. The van der Waals surface area contributed by atoms with Crippen LogP contribution in [0.4, 0.5) is 0 Å². The molecule has 0 N–H and O–H groups in total. The van der Waals surface area contributed by atoms with Gasteiger partial charge >= 0.3 is 5.97 Å². The van der Waals surface area contributed by atoms with Crippen LogP contribution in [0.2, 0.25) is 0 Å². The third-order valence-corrected chi connectivity index (χ3v) is 5.40. The van der Waals surface area contributed by atoms with Gasteiger partial charge in [0.15, 0.2) is 18.1 Å². The average Bonchev–Trinajstić information content (AvgIpc) is 3.35. The van der Waals surface area contributed by atoms with E-state index in [0.717, 1.165) is 37.4 Å². The van der Waals surface area contributed by atoms with Gasteiger partial charge in [0.25, 0.3) is 0 Å². The number of aromatic nitrogens is 1. The summed E-state index contributed by atoms with van der Waals surface area (Å²) in [5, 5.41) is 0. The molecule has 0 unspecified atom stereocenters. The second kappa shape index (κ2) is 8.29. The number of benzene rings is 1. The van der Waals surface area contributed by atoms with E-state index in [1.165, 1.54) is 0 Å². The van der Waals surface area contributed by atoms with Crippen LogP contribution in [0.1, 0.15) is 44.9 Å². The molecule has 29 heavy (non-hydrogen) atoms. The molecule has 4 rings (SSSR count). The van der Waals surface area contributed by atoms with E-state index in [1.807, 2.05) is 19.9 Å². The number of carbonyl (C=O) groups is 2. The van der Waals surface area contributed by atoms with Crippen LogP contribution in [0, 0.1) is 13.8 Å². The van der Waals surface area contributed by atoms with Gasteiger partial charge in [0.2, 0.25) is 5.78 Å². The zero-order valence-corrected chi connectivity index (χ0v) is 16.7. The van der Waals surface area contributed by atoms with Crippen LogP contribution < -0.4 is 9.47 Å². The summed E-state index contributed by atoms with van der Waals surface area (Å²) in [6.07, 6.45) is 2.30. The lowest BCUT2D eigenvalue weighted by atomic mass is 10.1. The van der Waals surface area contributed by atoms with Gasteiger partial charge in [-0.15, -0.1) is 0 Å². The Balaban J connectivity index is 1.40. The summed E-state index contributed by atoms with van der Waals surface area (Å²) in [4.78, 5) is 25.0. The Bertz CT molecular complexity index is 926. The number of ketones is 1. The Morgan fingerprint density at radius 2 is 1.90 bits per heavy atom. The molecule has 7 heteroatoms. The van der Waals surface area contributed by atoms with Crippen molar-refractivity contribution in [3.8, 4) is 11.5 Å². The number of ether oxygens (including phenoxy) is 4. The van der Waals surface area contributed by atoms with Gasteiger partial charge in [-0.1, -0.05) is 0 Å². The molecule has 0 radical (unpaired) electrons. The van der Waals surface area contributed by atoms with Crippen LogP contribution in [0.5, 0.6) is 11.5 Å². The van der Waals surface area contributed by atoms with Crippen molar-refractivity contribution in [3.63, 3.8) is 0 Å². The number of Topliss-reactive ketones (excluding diaryl/α,β-unsaturated/α-hetero) is 1. The molecule has 1 saturated heterocycles. The van der Waals surface area contributed by atoms with E-state index in [9.17, 15) is 9.59 Å². The quantitative estimate of drug-likeness (QED) is 0.549. The smallest absolute Gasteiger partial charge is 0.338 e. The number of hydrogen-bond acceptors (Lipinski definition) is 6. The standard InChI is InChI=1S/C22H25NO6/c1-14-10-18(15(2)23(14)12-17-4-3-7-26-17)19(24)13-29-22(25)16-5-6-20-21(11-16)28-9-8-27-20/h5-6,10-11,17H,3-4,7-9,12-13H2,1-2H3/t17-/m1/s1. The fourth-order valence-electron chi connectivity index (χ4n) is 3.82. The predicted molar refractivity (Wildman–Crippen MR) is 105 cm³/mol. The third kappa shape index (κ3) is 4.15. The van der Waals surface area contributed by atoms with Crippen LogP contribution in [0.3, 0.4) is 0 Å². The molecule has 1 fully saturated rings. The normalized spacial score (nSPS) is 17.9. The predicted octanol–water partition coefficient (Wildman–Crippen LogP) is 3.09. The summed E-state index contributed by atoms with van der Waals surface area (Å²) < 4.78 is 24.0. The van der Waals surface area contributed by atoms with Crippen LogP contribution >= 0.6 is 0 Å². The number of aryl methyl sites for hydroxylation is 1. The summed E-state index contributed by atoms with van der Waals surface area (Å²) in [6.45, 7) is 6.03. The molecule has 154 valence electrons. The largest absolute Gasteiger partial charge is 0.486 e. The van der Waals surface area contributed by atoms with Crippen molar-refractivity contribution in [2.24, 2.45) is 0 Å². The van der Waals surface area contributed by atoms with E-state index >= 15 is 0 Å². The summed E-state index contributed by atoms with van der Waals surface area (Å²) in [6, 6.07) is 6.71. The maximum atomic E-state index is 12.7. The molecule has 1 aromatic heterocycles. The molecule has 0 saturated carbocycles. The van der Waals surface area contributed by atoms with E-state index in [4.69, 9.17) is 18.9 Å². The molecule has 1 atom stereocenters. The zero-order chi connectivity index (χ0) is 20.4. The van der Waals surface area contributed by atoms with Gasteiger partial charge in [0.05, 0.1) is 11.7 Å². The van der Waals surface area contributed by atoms with Crippen molar-refractivity contribution >= 4 is 11.8 Å². The number of fused-ring (bicyclic) bond motifs is 1. The lowest BCUT2D eigenvalue weighted by Gasteiger charge is -2.18.